The summed E-state index contributed by atoms with van der Waals surface area (Å²) < 4.78 is 15.7. The molecule has 1 rings (SSSR count). The molecule has 0 aliphatic carbocycles. The van der Waals surface area contributed by atoms with Crippen LogP contribution in [-0.4, -0.2) is 56.3 Å². The standard InChI is InChI=1S/C31H44ClN3O7/c1-20(2)28(29(37)34-18-10-12-24(15-14-23(5)32)41-31(39)33-6)35-27(36)13-9-8-11-21(3)19-22(4)25-16-17-26(40-7)30(38)42-25/h8-11,13-14,17-20,22,24-25,28H,12,15-16H2,1-7H3,(H,33,39)(H,34,37)(H,35,36)/b11-8-,13-9-,18-10-,21-19+,23-14+/t22-,24-,25-,28-/m0/s1. The van der Waals surface area contributed by atoms with Gasteiger partial charge in [-0.15, -0.1) is 0 Å². The zero-order valence-electron chi connectivity index (χ0n) is 25.4. The molecule has 0 aromatic carbocycles. The SMILES string of the molecule is CNC(=O)O[C@@H](C/C=C\NC(=O)[C@@H](NC(=O)\C=C/C=C\C(C)=C\[C@H](C)[C@@H]1CC=C(OC)C(=O)O1)C(C)C)C/C=C(\C)Cl. The number of allylic oxidation sites excluding steroid dienone is 5. The molecule has 0 bridgehead atoms. The molecule has 232 valence electrons. The van der Waals surface area contributed by atoms with Crippen molar-refractivity contribution in [3.63, 3.8) is 0 Å². The molecule has 0 saturated heterocycles. The number of hydrogen-bond donors (Lipinski definition) is 3. The molecule has 0 unspecified atom stereocenters. The number of hydrogen-bond acceptors (Lipinski definition) is 7. The zero-order valence-corrected chi connectivity index (χ0v) is 26.2. The summed E-state index contributed by atoms with van der Waals surface area (Å²) in [6.07, 6.45) is 15.2. The maximum absolute atomic E-state index is 12.7. The second-order valence-electron chi connectivity index (χ2n) is 10.1. The fraction of sp³-hybridized carbons (Fsp3) is 0.484. The second kappa shape index (κ2) is 19.4. The number of carbonyl (C=O) groups is 4. The van der Waals surface area contributed by atoms with Gasteiger partial charge in [0.05, 0.1) is 7.11 Å². The lowest BCUT2D eigenvalue weighted by atomic mass is 9.97. The summed E-state index contributed by atoms with van der Waals surface area (Å²) in [4.78, 5) is 48.7. The Balaban J connectivity index is 2.64. The maximum atomic E-state index is 12.7. The van der Waals surface area contributed by atoms with Crippen LogP contribution < -0.4 is 16.0 Å². The Bertz CT molecular complexity index is 1120. The highest BCUT2D eigenvalue weighted by Crippen LogP contribution is 2.22. The molecule has 1 heterocycles. The molecule has 1 aliphatic rings. The van der Waals surface area contributed by atoms with Gasteiger partial charge in [0.15, 0.2) is 5.76 Å². The van der Waals surface area contributed by atoms with Crippen LogP contribution in [-0.2, 0) is 28.6 Å². The van der Waals surface area contributed by atoms with Crippen molar-refractivity contribution in [2.24, 2.45) is 11.8 Å². The highest BCUT2D eigenvalue weighted by molar-refractivity contribution is 6.29. The number of amides is 3. The molecule has 10 nitrogen and oxygen atoms in total. The van der Waals surface area contributed by atoms with E-state index in [1.54, 1.807) is 37.3 Å². The van der Waals surface area contributed by atoms with E-state index in [1.807, 2.05) is 39.8 Å². The smallest absolute Gasteiger partial charge is 0.407 e. The van der Waals surface area contributed by atoms with Crippen molar-refractivity contribution in [3.05, 3.63) is 71.2 Å². The van der Waals surface area contributed by atoms with E-state index >= 15 is 0 Å². The zero-order chi connectivity index (χ0) is 31.7. The third kappa shape index (κ3) is 14.2. The summed E-state index contributed by atoms with van der Waals surface area (Å²) in [6, 6.07) is -0.760. The minimum absolute atomic E-state index is 0.0131. The predicted octanol–water partition coefficient (Wildman–Crippen LogP) is 4.95. The molecule has 0 fully saturated rings. The summed E-state index contributed by atoms with van der Waals surface area (Å²) in [5.41, 5.74) is 0.938. The van der Waals surface area contributed by atoms with Gasteiger partial charge in [-0.3, -0.25) is 9.59 Å². The van der Waals surface area contributed by atoms with Crippen LogP contribution in [0, 0.1) is 11.8 Å². The molecule has 0 saturated carbocycles. The Morgan fingerprint density at radius 3 is 2.43 bits per heavy atom. The van der Waals surface area contributed by atoms with Crippen molar-refractivity contribution in [2.75, 3.05) is 14.2 Å². The van der Waals surface area contributed by atoms with Crippen molar-refractivity contribution < 1.29 is 33.4 Å². The van der Waals surface area contributed by atoms with Crippen LogP contribution in [0.25, 0.3) is 0 Å². The number of halogens is 1. The lowest BCUT2D eigenvalue weighted by Gasteiger charge is -2.25. The number of cyclic esters (lactones) is 1. The van der Waals surface area contributed by atoms with Gasteiger partial charge in [-0.25, -0.2) is 9.59 Å². The lowest BCUT2D eigenvalue weighted by Crippen LogP contribution is -2.48. The average molecular weight is 606 g/mol. The highest BCUT2D eigenvalue weighted by Gasteiger charge is 2.27. The molecule has 0 aromatic rings. The largest absolute Gasteiger partial charge is 0.490 e. The Morgan fingerprint density at radius 2 is 1.83 bits per heavy atom. The number of nitrogens with one attached hydrogen (secondary N) is 3. The molecule has 3 amide bonds. The van der Waals surface area contributed by atoms with Crippen LogP contribution in [0.1, 0.15) is 53.9 Å². The molecule has 3 N–H and O–H groups in total. The first-order valence-electron chi connectivity index (χ1n) is 13.8. The molecule has 1 aliphatic heterocycles. The number of carbonyl (C=O) groups excluding carboxylic acids is 4. The quantitative estimate of drug-likeness (QED) is 0.137. The Hall–Kier alpha value is -3.79. The molecular weight excluding hydrogens is 562 g/mol. The van der Waals surface area contributed by atoms with Gasteiger partial charge in [-0.1, -0.05) is 74.4 Å². The van der Waals surface area contributed by atoms with Crippen LogP contribution in [0.4, 0.5) is 4.79 Å². The van der Waals surface area contributed by atoms with Gasteiger partial charge in [0, 0.05) is 43.3 Å². The van der Waals surface area contributed by atoms with Crippen molar-refractivity contribution in [1.82, 2.24) is 16.0 Å². The highest BCUT2D eigenvalue weighted by atomic mass is 35.5. The van der Waals surface area contributed by atoms with Crippen molar-refractivity contribution in [1.29, 1.82) is 0 Å². The molecular formula is C31H44ClN3O7. The summed E-state index contributed by atoms with van der Waals surface area (Å²) in [5, 5.41) is 8.39. The third-order valence-corrected chi connectivity index (χ3v) is 6.33. The van der Waals surface area contributed by atoms with Gasteiger partial charge in [0.1, 0.15) is 18.2 Å². The van der Waals surface area contributed by atoms with Crippen molar-refractivity contribution >= 4 is 35.5 Å². The monoisotopic (exact) mass is 605 g/mol. The van der Waals surface area contributed by atoms with Crippen LogP contribution in [0.2, 0.25) is 0 Å². The van der Waals surface area contributed by atoms with Crippen LogP contribution in [0.5, 0.6) is 0 Å². The number of rotatable bonds is 15. The second-order valence-corrected chi connectivity index (χ2v) is 10.7. The van der Waals surface area contributed by atoms with E-state index in [2.05, 4.69) is 16.0 Å². The minimum Gasteiger partial charge on any atom is -0.490 e. The van der Waals surface area contributed by atoms with E-state index in [0.717, 1.165) is 5.57 Å². The lowest BCUT2D eigenvalue weighted by molar-refractivity contribution is -0.151. The van der Waals surface area contributed by atoms with Gasteiger partial charge >= 0.3 is 12.1 Å². The third-order valence-electron chi connectivity index (χ3n) is 6.17. The fourth-order valence-electron chi connectivity index (χ4n) is 3.85. The Morgan fingerprint density at radius 1 is 1.14 bits per heavy atom. The van der Waals surface area contributed by atoms with Crippen molar-refractivity contribution in [3.8, 4) is 0 Å². The average Bonchev–Trinajstić information content (AvgIpc) is 2.94. The minimum atomic E-state index is -0.760. The van der Waals surface area contributed by atoms with E-state index < -0.39 is 30.1 Å². The number of ether oxygens (including phenoxy) is 3. The summed E-state index contributed by atoms with van der Waals surface area (Å²) in [7, 11) is 2.91. The van der Waals surface area contributed by atoms with Crippen LogP contribution >= 0.6 is 11.6 Å². The molecule has 0 radical (unpaired) electrons. The first-order valence-corrected chi connectivity index (χ1v) is 14.2. The van der Waals surface area contributed by atoms with Gasteiger partial charge in [-0.05, 0) is 32.0 Å². The van der Waals surface area contributed by atoms with Crippen LogP contribution in [0.3, 0.4) is 0 Å². The van der Waals surface area contributed by atoms with Crippen molar-refractivity contribution in [2.45, 2.75) is 72.1 Å². The fourth-order valence-corrected chi connectivity index (χ4v) is 3.94. The molecule has 0 aromatic heterocycles. The summed E-state index contributed by atoms with van der Waals surface area (Å²) in [6.45, 7) is 9.27. The maximum Gasteiger partial charge on any atom is 0.407 e. The number of methoxy groups -OCH3 is 1. The Labute approximate surface area is 253 Å². The van der Waals surface area contributed by atoms with Crippen LogP contribution in [0.15, 0.2) is 71.2 Å². The van der Waals surface area contributed by atoms with Gasteiger partial charge in [0.25, 0.3) is 0 Å². The number of alkyl carbamates (subject to hydrolysis) is 1. The normalized spacial score (nSPS) is 18.5. The van der Waals surface area contributed by atoms with E-state index in [9.17, 15) is 19.2 Å². The molecule has 11 heteroatoms. The summed E-state index contributed by atoms with van der Waals surface area (Å²) in [5.74, 6) is -1.20. The van der Waals surface area contributed by atoms with E-state index in [-0.39, 0.29) is 29.6 Å². The summed E-state index contributed by atoms with van der Waals surface area (Å²) >= 11 is 5.88. The van der Waals surface area contributed by atoms with Gasteiger partial charge < -0.3 is 30.2 Å². The Kier molecular flexibility index (Phi) is 16.7. The van der Waals surface area contributed by atoms with E-state index in [0.29, 0.717) is 24.3 Å². The number of esters is 1. The molecule has 4 atom stereocenters. The van der Waals surface area contributed by atoms with Gasteiger partial charge in [-0.2, -0.15) is 0 Å². The molecule has 0 spiro atoms. The topological polar surface area (TPSA) is 132 Å². The van der Waals surface area contributed by atoms with E-state index in [1.165, 1.54) is 26.4 Å². The first kappa shape index (κ1) is 36.2. The first-order chi connectivity index (χ1) is 19.9. The predicted molar refractivity (Wildman–Crippen MR) is 163 cm³/mol. The van der Waals surface area contributed by atoms with E-state index in [4.69, 9.17) is 25.8 Å². The van der Waals surface area contributed by atoms with Gasteiger partial charge in [0.2, 0.25) is 11.8 Å². The molecule has 42 heavy (non-hydrogen) atoms.